The Labute approximate surface area is 134 Å². The highest BCUT2D eigenvalue weighted by molar-refractivity contribution is 9.10. The number of H-pyrrole nitrogens is 1. The number of halogens is 3. The van der Waals surface area contributed by atoms with Crippen LogP contribution in [-0.4, -0.2) is 17.1 Å². The number of ether oxygens (including phenoxy) is 1. The molecular weight excluding hydrogens is 367 g/mol. The lowest BCUT2D eigenvalue weighted by molar-refractivity contribution is 0.180. The first-order valence-electron chi connectivity index (χ1n) is 5.71. The van der Waals surface area contributed by atoms with E-state index >= 15 is 0 Å². The van der Waals surface area contributed by atoms with Gasteiger partial charge in [0.15, 0.2) is 0 Å². The predicted molar refractivity (Wildman–Crippen MR) is 82.5 cm³/mol. The summed E-state index contributed by atoms with van der Waals surface area (Å²) in [5.41, 5.74) is 1.24. The first-order chi connectivity index (χ1) is 9.51. The second kappa shape index (κ2) is 6.72. The fourth-order valence-corrected chi connectivity index (χ4v) is 2.34. The van der Waals surface area contributed by atoms with Crippen LogP contribution < -0.4 is 5.56 Å². The molecule has 0 fully saturated rings. The average molecular weight is 378 g/mol. The van der Waals surface area contributed by atoms with Crippen molar-refractivity contribution in [3.63, 3.8) is 0 Å². The molecule has 0 saturated heterocycles. The van der Waals surface area contributed by atoms with Gasteiger partial charge < -0.3 is 9.72 Å². The number of hydrogen-bond donors (Lipinski definition) is 1. The van der Waals surface area contributed by atoms with Gasteiger partial charge in [-0.05, 0) is 33.6 Å². The third-order valence-corrected chi connectivity index (χ3v) is 4.17. The molecule has 0 aliphatic rings. The van der Waals surface area contributed by atoms with Crippen molar-refractivity contribution in [3.05, 3.63) is 60.2 Å². The van der Waals surface area contributed by atoms with Crippen LogP contribution in [0.1, 0.15) is 17.1 Å². The first-order valence-corrected chi connectivity index (χ1v) is 7.26. The van der Waals surface area contributed by atoms with Gasteiger partial charge in [-0.2, -0.15) is 0 Å². The molecule has 1 aromatic heterocycles. The molecule has 1 heterocycles. The zero-order chi connectivity index (χ0) is 14.7. The molecule has 0 radical (unpaired) electrons. The highest BCUT2D eigenvalue weighted by Gasteiger charge is 2.10. The molecule has 7 heteroatoms. The molecule has 0 bridgehead atoms. The number of nitrogens with zero attached hydrogens (tertiary/aromatic N) is 1. The molecule has 20 heavy (non-hydrogen) atoms. The van der Waals surface area contributed by atoms with Crippen LogP contribution in [0, 0.1) is 0 Å². The van der Waals surface area contributed by atoms with Gasteiger partial charge in [-0.15, -0.1) is 0 Å². The van der Waals surface area contributed by atoms with E-state index < -0.39 is 0 Å². The van der Waals surface area contributed by atoms with Crippen LogP contribution in [0.2, 0.25) is 10.0 Å². The summed E-state index contributed by atoms with van der Waals surface area (Å²) in [5.74, 6) is 0.545. The minimum atomic E-state index is -0.234. The van der Waals surface area contributed by atoms with Crippen LogP contribution >= 0.6 is 39.1 Å². The van der Waals surface area contributed by atoms with Crippen LogP contribution in [0.4, 0.5) is 0 Å². The van der Waals surface area contributed by atoms with Crippen LogP contribution in [0.3, 0.4) is 0 Å². The number of rotatable bonds is 4. The fraction of sp³-hybridized carbons (Fsp3) is 0.231. The zero-order valence-electron chi connectivity index (χ0n) is 10.5. The zero-order valence-corrected chi connectivity index (χ0v) is 13.6. The number of nitrogens with one attached hydrogen (secondary N) is 1. The summed E-state index contributed by atoms with van der Waals surface area (Å²) in [5, 5.41) is 0.966. The van der Waals surface area contributed by atoms with Crippen LogP contribution in [0.5, 0.6) is 0 Å². The van der Waals surface area contributed by atoms with Gasteiger partial charge in [0.25, 0.3) is 5.56 Å². The van der Waals surface area contributed by atoms with E-state index in [1.807, 2.05) is 6.07 Å². The monoisotopic (exact) mass is 376 g/mol. The summed E-state index contributed by atoms with van der Waals surface area (Å²) in [6.07, 6.45) is 0.454. The SMILES string of the molecule is COCc1nc(Cc2ccc(Cl)c(Cl)c2)[nH]c(=O)c1Br. The fourth-order valence-electron chi connectivity index (χ4n) is 1.72. The number of methoxy groups -OCH3 is 1. The van der Waals surface area contributed by atoms with Gasteiger partial charge in [-0.25, -0.2) is 4.98 Å². The Morgan fingerprint density at radius 3 is 2.75 bits per heavy atom. The van der Waals surface area contributed by atoms with Crippen molar-refractivity contribution in [1.29, 1.82) is 0 Å². The summed E-state index contributed by atoms with van der Waals surface area (Å²) < 4.78 is 5.41. The summed E-state index contributed by atoms with van der Waals surface area (Å²) in [4.78, 5) is 18.9. The van der Waals surface area contributed by atoms with Crippen molar-refractivity contribution in [2.75, 3.05) is 7.11 Å². The third kappa shape index (κ3) is 3.61. The van der Waals surface area contributed by atoms with E-state index in [0.29, 0.717) is 32.5 Å². The summed E-state index contributed by atoms with van der Waals surface area (Å²) in [6.45, 7) is 0.263. The number of hydrogen-bond acceptors (Lipinski definition) is 3. The quantitative estimate of drug-likeness (QED) is 0.885. The Kier molecular flexibility index (Phi) is 5.21. The van der Waals surface area contributed by atoms with Crippen molar-refractivity contribution < 1.29 is 4.74 Å². The Morgan fingerprint density at radius 2 is 2.10 bits per heavy atom. The number of benzene rings is 1. The molecule has 4 nitrogen and oxygen atoms in total. The molecular formula is C13H11BrCl2N2O2. The highest BCUT2D eigenvalue weighted by atomic mass is 79.9. The number of aromatic amines is 1. The van der Waals surface area contributed by atoms with Gasteiger partial charge in [0.05, 0.1) is 22.3 Å². The maximum Gasteiger partial charge on any atom is 0.265 e. The Bertz CT molecular complexity index is 689. The van der Waals surface area contributed by atoms with Crippen molar-refractivity contribution >= 4 is 39.1 Å². The van der Waals surface area contributed by atoms with E-state index in [1.54, 1.807) is 19.2 Å². The van der Waals surface area contributed by atoms with Gasteiger partial charge >= 0.3 is 0 Å². The molecule has 0 aliphatic heterocycles. The normalized spacial score (nSPS) is 10.8. The molecule has 2 aromatic rings. The molecule has 2 rings (SSSR count). The van der Waals surface area contributed by atoms with Gasteiger partial charge in [0.2, 0.25) is 0 Å². The molecule has 1 aromatic carbocycles. The standard InChI is InChI=1S/C13H11BrCl2N2O2/c1-20-6-10-12(14)13(19)18-11(17-10)5-7-2-3-8(15)9(16)4-7/h2-4H,5-6H2,1H3,(H,17,18,19). The van der Waals surface area contributed by atoms with E-state index in [2.05, 4.69) is 25.9 Å². The van der Waals surface area contributed by atoms with E-state index in [-0.39, 0.29) is 12.2 Å². The summed E-state index contributed by atoms with van der Waals surface area (Å²) in [6, 6.07) is 5.31. The second-order valence-corrected chi connectivity index (χ2v) is 5.74. The van der Waals surface area contributed by atoms with Gasteiger partial charge in [-0.1, -0.05) is 29.3 Å². The van der Waals surface area contributed by atoms with Crippen molar-refractivity contribution in [1.82, 2.24) is 9.97 Å². The summed E-state index contributed by atoms with van der Waals surface area (Å²) in [7, 11) is 1.55. The smallest absolute Gasteiger partial charge is 0.265 e. The van der Waals surface area contributed by atoms with Gasteiger partial charge in [-0.3, -0.25) is 4.79 Å². The largest absolute Gasteiger partial charge is 0.378 e. The number of aromatic nitrogens is 2. The van der Waals surface area contributed by atoms with E-state index in [1.165, 1.54) is 0 Å². The Balaban J connectivity index is 2.33. The molecule has 0 amide bonds. The molecule has 0 spiro atoms. The highest BCUT2D eigenvalue weighted by Crippen LogP contribution is 2.23. The Morgan fingerprint density at radius 1 is 1.35 bits per heavy atom. The maximum atomic E-state index is 11.8. The first kappa shape index (κ1) is 15.5. The van der Waals surface area contributed by atoms with Gasteiger partial charge in [0.1, 0.15) is 10.3 Å². The van der Waals surface area contributed by atoms with Crippen molar-refractivity contribution in [2.45, 2.75) is 13.0 Å². The van der Waals surface area contributed by atoms with Crippen molar-refractivity contribution in [2.24, 2.45) is 0 Å². The predicted octanol–water partition coefficient (Wildman–Crippen LogP) is 3.58. The molecule has 0 aliphatic carbocycles. The molecule has 106 valence electrons. The van der Waals surface area contributed by atoms with E-state index in [0.717, 1.165) is 5.56 Å². The lowest BCUT2D eigenvalue weighted by Gasteiger charge is -2.07. The molecule has 0 unspecified atom stereocenters. The topological polar surface area (TPSA) is 55.0 Å². The lowest BCUT2D eigenvalue weighted by Crippen LogP contribution is -2.16. The Hall–Kier alpha value is -0.880. The summed E-state index contributed by atoms with van der Waals surface area (Å²) >= 11 is 15.0. The van der Waals surface area contributed by atoms with Crippen LogP contribution in [0.25, 0.3) is 0 Å². The molecule has 0 atom stereocenters. The third-order valence-electron chi connectivity index (χ3n) is 2.62. The molecule has 1 N–H and O–H groups in total. The molecule has 0 saturated carbocycles. The van der Waals surface area contributed by atoms with Gasteiger partial charge in [0, 0.05) is 13.5 Å². The minimum absolute atomic E-state index is 0.234. The lowest BCUT2D eigenvalue weighted by atomic mass is 10.1. The van der Waals surface area contributed by atoms with Crippen LogP contribution in [-0.2, 0) is 17.8 Å². The maximum absolute atomic E-state index is 11.8. The van der Waals surface area contributed by atoms with Crippen molar-refractivity contribution in [3.8, 4) is 0 Å². The van der Waals surface area contributed by atoms with E-state index in [4.69, 9.17) is 27.9 Å². The average Bonchev–Trinajstić information content (AvgIpc) is 2.40. The second-order valence-electron chi connectivity index (χ2n) is 4.13. The van der Waals surface area contributed by atoms with E-state index in [9.17, 15) is 4.79 Å². The minimum Gasteiger partial charge on any atom is -0.378 e. The van der Waals surface area contributed by atoms with Crippen LogP contribution in [0.15, 0.2) is 27.5 Å².